The maximum Gasteiger partial charge on any atom is 0.246 e. The molecular formula is C17H25N3O. The average molecular weight is 287 g/mol. The summed E-state index contributed by atoms with van der Waals surface area (Å²) in [7, 11) is 4.23. The molecule has 0 aliphatic carbocycles. The highest BCUT2D eigenvalue weighted by Gasteiger charge is 2.21. The predicted molar refractivity (Wildman–Crippen MR) is 85.7 cm³/mol. The van der Waals surface area contributed by atoms with Crippen molar-refractivity contribution in [3.8, 4) is 0 Å². The number of amides is 1. The highest BCUT2D eigenvalue weighted by molar-refractivity contribution is 5.91. The van der Waals surface area contributed by atoms with Crippen LogP contribution in [0.1, 0.15) is 24.8 Å². The molecule has 0 saturated carbocycles. The number of rotatable bonds is 5. The van der Waals surface area contributed by atoms with Gasteiger partial charge in [0.1, 0.15) is 0 Å². The number of piperidine rings is 1. The summed E-state index contributed by atoms with van der Waals surface area (Å²) in [4.78, 5) is 20.3. The maximum absolute atomic E-state index is 12.2. The van der Waals surface area contributed by atoms with E-state index in [4.69, 9.17) is 0 Å². The maximum atomic E-state index is 12.2. The van der Waals surface area contributed by atoms with Crippen molar-refractivity contribution in [3.05, 3.63) is 36.2 Å². The molecule has 0 radical (unpaired) electrons. The van der Waals surface area contributed by atoms with E-state index in [2.05, 4.69) is 24.0 Å². The molecule has 2 rings (SSSR count). The Bertz CT molecular complexity index is 462. The van der Waals surface area contributed by atoms with Crippen molar-refractivity contribution in [2.45, 2.75) is 19.3 Å². The molecule has 0 spiro atoms. The van der Waals surface area contributed by atoms with Crippen molar-refractivity contribution in [2.24, 2.45) is 5.92 Å². The van der Waals surface area contributed by atoms with Crippen molar-refractivity contribution in [2.75, 3.05) is 33.7 Å². The van der Waals surface area contributed by atoms with Gasteiger partial charge in [0.05, 0.1) is 0 Å². The van der Waals surface area contributed by atoms with Gasteiger partial charge in [-0.3, -0.25) is 9.78 Å². The van der Waals surface area contributed by atoms with E-state index in [9.17, 15) is 4.79 Å². The third-order valence-electron chi connectivity index (χ3n) is 4.04. The van der Waals surface area contributed by atoms with Crippen LogP contribution >= 0.6 is 0 Å². The highest BCUT2D eigenvalue weighted by Crippen LogP contribution is 2.20. The largest absolute Gasteiger partial charge is 0.339 e. The van der Waals surface area contributed by atoms with Crippen LogP contribution < -0.4 is 0 Å². The van der Waals surface area contributed by atoms with E-state index in [1.54, 1.807) is 18.5 Å². The fourth-order valence-corrected chi connectivity index (χ4v) is 2.63. The van der Waals surface area contributed by atoms with Crippen LogP contribution in [0.3, 0.4) is 0 Å². The van der Waals surface area contributed by atoms with Gasteiger partial charge in [0.25, 0.3) is 0 Å². The van der Waals surface area contributed by atoms with Gasteiger partial charge in [0.15, 0.2) is 0 Å². The molecule has 1 aromatic heterocycles. The smallest absolute Gasteiger partial charge is 0.246 e. The average Bonchev–Trinajstić information content (AvgIpc) is 2.52. The van der Waals surface area contributed by atoms with Gasteiger partial charge in [-0.2, -0.15) is 0 Å². The second-order valence-electron chi connectivity index (χ2n) is 5.97. The lowest BCUT2D eigenvalue weighted by molar-refractivity contribution is -0.127. The number of carbonyl (C=O) groups excluding carboxylic acids is 1. The molecule has 1 fully saturated rings. The van der Waals surface area contributed by atoms with E-state index in [0.717, 1.165) is 44.0 Å². The Labute approximate surface area is 127 Å². The molecule has 0 aromatic carbocycles. The minimum absolute atomic E-state index is 0.123. The Morgan fingerprint density at radius 1 is 1.33 bits per heavy atom. The molecule has 21 heavy (non-hydrogen) atoms. The normalized spacial score (nSPS) is 16.8. The number of hydrogen-bond donors (Lipinski definition) is 0. The molecule has 114 valence electrons. The molecule has 1 aliphatic heterocycles. The monoisotopic (exact) mass is 287 g/mol. The van der Waals surface area contributed by atoms with Gasteiger partial charge in [-0.15, -0.1) is 0 Å². The lowest BCUT2D eigenvalue weighted by atomic mass is 9.93. The summed E-state index contributed by atoms with van der Waals surface area (Å²) in [5.41, 5.74) is 1.01. The summed E-state index contributed by atoms with van der Waals surface area (Å²) in [5.74, 6) is 0.887. The Kier molecular flexibility index (Phi) is 5.93. The van der Waals surface area contributed by atoms with Crippen LogP contribution in [0.25, 0.3) is 6.08 Å². The highest BCUT2D eigenvalue weighted by atomic mass is 16.2. The van der Waals surface area contributed by atoms with E-state index >= 15 is 0 Å². The second-order valence-corrected chi connectivity index (χ2v) is 5.97. The third kappa shape index (κ3) is 5.31. The Balaban J connectivity index is 1.77. The summed E-state index contributed by atoms with van der Waals surface area (Å²) >= 11 is 0. The number of carbonyl (C=O) groups is 1. The zero-order valence-corrected chi connectivity index (χ0v) is 13.0. The molecule has 0 bridgehead atoms. The Hall–Kier alpha value is -1.68. The zero-order valence-electron chi connectivity index (χ0n) is 13.0. The van der Waals surface area contributed by atoms with E-state index in [0.29, 0.717) is 0 Å². The minimum Gasteiger partial charge on any atom is -0.339 e. The molecule has 0 N–H and O–H groups in total. The lowest BCUT2D eigenvalue weighted by Crippen LogP contribution is -2.38. The summed E-state index contributed by atoms with van der Waals surface area (Å²) in [6.07, 6.45) is 10.5. The molecule has 1 amide bonds. The summed E-state index contributed by atoms with van der Waals surface area (Å²) in [6, 6.07) is 3.80. The van der Waals surface area contributed by atoms with Gasteiger partial charge in [0.2, 0.25) is 5.91 Å². The molecule has 0 atom stereocenters. The topological polar surface area (TPSA) is 36.4 Å². The van der Waals surface area contributed by atoms with Crippen LogP contribution in [0.15, 0.2) is 30.6 Å². The van der Waals surface area contributed by atoms with E-state index in [-0.39, 0.29) is 5.91 Å². The molecule has 4 heteroatoms. The SMILES string of the molecule is CN(C)CCC1CCN(C(=O)/C=C/c2ccncc2)CC1. The van der Waals surface area contributed by atoms with Gasteiger partial charge in [-0.25, -0.2) is 0 Å². The van der Waals surface area contributed by atoms with Crippen molar-refractivity contribution in [3.63, 3.8) is 0 Å². The molecule has 2 heterocycles. The first-order valence-corrected chi connectivity index (χ1v) is 7.67. The van der Waals surface area contributed by atoms with Gasteiger partial charge >= 0.3 is 0 Å². The fraction of sp³-hybridized carbons (Fsp3) is 0.529. The van der Waals surface area contributed by atoms with Crippen molar-refractivity contribution >= 4 is 12.0 Å². The molecule has 4 nitrogen and oxygen atoms in total. The number of hydrogen-bond acceptors (Lipinski definition) is 3. The Morgan fingerprint density at radius 2 is 2.00 bits per heavy atom. The van der Waals surface area contributed by atoms with Crippen LogP contribution in [-0.4, -0.2) is 54.4 Å². The molecule has 1 aliphatic rings. The molecule has 1 aromatic rings. The van der Waals surface area contributed by atoms with Crippen molar-refractivity contribution < 1.29 is 4.79 Å². The molecule has 0 unspecified atom stereocenters. The molecule has 1 saturated heterocycles. The van der Waals surface area contributed by atoms with Gasteiger partial charge in [-0.1, -0.05) is 0 Å². The fourth-order valence-electron chi connectivity index (χ4n) is 2.63. The van der Waals surface area contributed by atoms with Crippen LogP contribution in [0.4, 0.5) is 0 Å². The first kappa shape index (κ1) is 15.7. The summed E-state index contributed by atoms with van der Waals surface area (Å²) in [5, 5.41) is 0. The quantitative estimate of drug-likeness (QED) is 0.780. The number of pyridine rings is 1. The minimum atomic E-state index is 0.123. The first-order valence-electron chi connectivity index (χ1n) is 7.67. The predicted octanol–water partition coefficient (Wildman–Crippen LogP) is 2.29. The van der Waals surface area contributed by atoms with Crippen LogP contribution in [0.2, 0.25) is 0 Å². The first-order chi connectivity index (χ1) is 10.1. The molecular weight excluding hydrogens is 262 g/mol. The lowest BCUT2D eigenvalue weighted by Gasteiger charge is -2.31. The Morgan fingerprint density at radius 3 is 2.62 bits per heavy atom. The van der Waals surface area contributed by atoms with E-state index < -0.39 is 0 Å². The number of aromatic nitrogens is 1. The van der Waals surface area contributed by atoms with Crippen molar-refractivity contribution in [1.29, 1.82) is 0 Å². The van der Waals surface area contributed by atoms with E-state index in [1.807, 2.05) is 23.1 Å². The van der Waals surface area contributed by atoms with Gasteiger partial charge in [0, 0.05) is 31.6 Å². The standard InChI is InChI=1S/C17H25N3O/c1-19(2)12-7-16-8-13-20(14-9-16)17(21)4-3-15-5-10-18-11-6-15/h3-6,10-11,16H,7-9,12-14H2,1-2H3/b4-3+. The third-order valence-corrected chi connectivity index (χ3v) is 4.04. The zero-order chi connectivity index (χ0) is 15.1. The summed E-state index contributed by atoms with van der Waals surface area (Å²) < 4.78 is 0. The number of likely N-dealkylation sites (tertiary alicyclic amines) is 1. The van der Waals surface area contributed by atoms with E-state index in [1.165, 1.54) is 6.42 Å². The van der Waals surface area contributed by atoms with Crippen molar-refractivity contribution in [1.82, 2.24) is 14.8 Å². The summed E-state index contributed by atoms with van der Waals surface area (Å²) in [6.45, 7) is 2.91. The second kappa shape index (κ2) is 7.93. The van der Waals surface area contributed by atoms with Crippen LogP contribution in [-0.2, 0) is 4.79 Å². The van der Waals surface area contributed by atoms with Crippen LogP contribution in [0.5, 0.6) is 0 Å². The van der Waals surface area contributed by atoms with Gasteiger partial charge < -0.3 is 9.80 Å². The van der Waals surface area contributed by atoms with Gasteiger partial charge in [-0.05, 0) is 69.6 Å². The van der Waals surface area contributed by atoms with Crippen LogP contribution in [0, 0.1) is 5.92 Å². The number of nitrogens with zero attached hydrogens (tertiary/aromatic N) is 3.